The number of benzene rings is 1. The highest BCUT2D eigenvalue weighted by atomic mass is 35.5. The van der Waals surface area contributed by atoms with Crippen molar-refractivity contribution in [3.05, 3.63) is 41.5 Å². The molecule has 2 nitrogen and oxygen atoms in total. The first kappa shape index (κ1) is 10.8. The Morgan fingerprint density at radius 2 is 2.07 bits per heavy atom. The summed E-state index contributed by atoms with van der Waals surface area (Å²) in [5.74, 6) is 0.217. The lowest BCUT2D eigenvalue weighted by Gasteiger charge is -2.09. The van der Waals surface area contributed by atoms with E-state index in [1.807, 2.05) is 30.3 Å². The number of aldehydes is 1. The van der Waals surface area contributed by atoms with Crippen LogP contribution in [0.4, 0.5) is 0 Å². The Balaban J connectivity index is 3.15. The summed E-state index contributed by atoms with van der Waals surface area (Å²) < 4.78 is 0. The number of alkyl halides is 1. The average Bonchev–Trinajstić information content (AvgIpc) is 2.27. The van der Waals surface area contributed by atoms with Gasteiger partial charge in [0.25, 0.3) is 0 Å². The number of hydrogen-bond acceptors (Lipinski definition) is 2. The fourth-order valence-corrected chi connectivity index (χ4v) is 1.45. The molecule has 0 amide bonds. The van der Waals surface area contributed by atoms with E-state index in [0.29, 0.717) is 5.57 Å². The number of nitrogens with one attached hydrogen (secondary N) is 1. The van der Waals surface area contributed by atoms with E-state index in [-0.39, 0.29) is 5.88 Å². The van der Waals surface area contributed by atoms with Gasteiger partial charge >= 0.3 is 0 Å². The van der Waals surface area contributed by atoms with Gasteiger partial charge in [0.15, 0.2) is 0 Å². The van der Waals surface area contributed by atoms with Crippen LogP contribution < -0.4 is 5.32 Å². The molecule has 1 rings (SSSR count). The molecular weight excluding hydrogens is 198 g/mol. The maximum atomic E-state index is 10.7. The van der Waals surface area contributed by atoms with Gasteiger partial charge in [-0.25, -0.2) is 0 Å². The normalized spacial score (nSPS) is 11.9. The van der Waals surface area contributed by atoms with Gasteiger partial charge in [-0.1, -0.05) is 30.3 Å². The maximum absolute atomic E-state index is 10.7. The number of carbonyl (C=O) groups is 1. The van der Waals surface area contributed by atoms with Crippen LogP contribution in [-0.4, -0.2) is 19.2 Å². The molecule has 0 spiro atoms. The predicted molar refractivity (Wildman–Crippen MR) is 59.2 cm³/mol. The third kappa shape index (κ3) is 2.36. The molecule has 0 fully saturated rings. The Hall–Kier alpha value is -1.28. The van der Waals surface area contributed by atoms with Crippen LogP contribution in [0, 0.1) is 0 Å². The summed E-state index contributed by atoms with van der Waals surface area (Å²) >= 11 is 5.66. The Labute approximate surface area is 88.6 Å². The molecule has 0 atom stereocenters. The molecule has 14 heavy (non-hydrogen) atoms. The van der Waals surface area contributed by atoms with Gasteiger partial charge in [-0.2, -0.15) is 0 Å². The summed E-state index contributed by atoms with van der Waals surface area (Å²) in [6.07, 6.45) is 0.784. The first-order chi connectivity index (χ1) is 6.83. The number of carbonyl (C=O) groups excluding carboxylic acids is 1. The van der Waals surface area contributed by atoms with Gasteiger partial charge in [0.05, 0.1) is 5.88 Å². The highest BCUT2D eigenvalue weighted by Crippen LogP contribution is 2.14. The summed E-state index contributed by atoms with van der Waals surface area (Å²) in [6, 6.07) is 9.63. The highest BCUT2D eigenvalue weighted by molar-refractivity contribution is 6.22. The summed E-state index contributed by atoms with van der Waals surface area (Å²) in [5.41, 5.74) is 2.33. The molecule has 1 aromatic carbocycles. The zero-order valence-electron chi connectivity index (χ0n) is 7.96. The molecule has 0 saturated carbocycles. The Morgan fingerprint density at radius 1 is 1.43 bits per heavy atom. The standard InChI is InChI=1S/C11H12ClNO/c1-13-11(10(7-12)8-14)9-5-3-2-4-6-9/h2-6,8,13H,7H2,1H3/b11-10-. The molecule has 0 aliphatic rings. The first-order valence-corrected chi connectivity index (χ1v) is 4.84. The molecule has 0 aliphatic heterocycles. The minimum atomic E-state index is 0.217. The van der Waals surface area contributed by atoms with E-state index in [9.17, 15) is 4.79 Å². The summed E-state index contributed by atoms with van der Waals surface area (Å²) in [7, 11) is 1.78. The molecule has 0 aliphatic carbocycles. The first-order valence-electron chi connectivity index (χ1n) is 4.31. The minimum Gasteiger partial charge on any atom is -0.387 e. The second kappa shape index (κ2) is 5.45. The Morgan fingerprint density at radius 3 is 2.50 bits per heavy atom. The number of allylic oxidation sites excluding steroid dienone is 1. The molecule has 0 unspecified atom stereocenters. The van der Waals surface area contributed by atoms with Crippen LogP contribution in [0.15, 0.2) is 35.9 Å². The van der Waals surface area contributed by atoms with Gasteiger partial charge in [0.2, 0.25) is 0 Å². The van der Waals surface area contributed by atoms with Gasteiger partial charge in [0.1, 0.15) is 6.29 Å². The lowest BCUT2D eigenvalue weighted by Crippen LogP contribution is -2.09. The van der Waals surface area contributed by atoms with E-state index in [1.165, 1.54) is 0 Å². The molecule has 0 aromatic heterocycles. The predicted octanol–water partition coefficient (Wildman–Crippen LogP) is 2.05. The van der Waals surface area contributed by atoms with Crippen molar-refractivity contribution in [2.24, 2.45) is 0 Å². The second-order valence-corrected chi connectivity index (χ2v) is 3.04. The van der Waals surface area contributed by atoms with Gasteiger partial charge in [-0.05, 0) is 5.56 Å². The van der Waals surface area contributed by atoms with Crippen LogP contribution in [0.1, 0.15) is 5.56 Å². The van der Waals surface area contributed by atoms with Crippen molar-refractivity contribution in [1.82, 2.24) is 5.32 Å². The molecule has 1 N–H and O–H groups in total. The molecule has 0 radical (unpaired) electrons. The third-order valence-electron chi connectivity index (χ3n) is 1.92. The van der Waals surface area contributed by atoms with Crippen molar-refractivity contribution in [2.45, 2.75) is 0 Å². The van der Waals surface area contributed by atoms with E-state index in [4.69, 9.17) is 11.6 Å². The fraction of sp³-hybridized carbons (Fsp3) is 0.182. The zero-order chi connectivity index (χ0) is 10.4. The van der Waals surface area contributed by atoms with Crippen molar-refractivity contribution in [1.29, 1.82) is 0 Å². The topological polar surface area (TPSA) is 29.1 Å². The van der Waals surface area contributed by atoms with E-state index in [0.717, 1.165) is 17.5 Å². The lowest BCUT2D eigenvalue weighted by molar-refractivity contribution is -0.104. The van der Waals surface area contributed by atoms with Crippen LogP contribution in [0.25, 0.3) is 5.70 Å². The van der Waals surface area contributed by atoms with Crippen molar-refractivity contribution in [3.63, 3.8) is 0 Å². The van der Waals surface area contributed by atoms with Gasteiger partial charge in [-0.15, -0.1) is 11.6 Å². The van der Waals surface area contributed by atoms with Crippen LogP contribution in [0.5, 0.6) is 0 Å². The van der Waals surface area contributed by atoms with Crippen LogP contribution >= 0.6 is 11.6 Å². The monoisotopic (exact) mass is 209 g/mol. The number of rotatable bonds is 4. The molecule has 3 heteroatoms. The molecule has 0 saturated heterocycles. The largest absolute Gasteiger partial charge is 0.387 e. The number of halogens is 1. The number of hydrogen-bond donors (Lipinski definition) is 1. The Bertz CT molecular complexity index is 332. The van der Waals surface area contributed by atoms with E-state index < -0.39 is 0 Å². The fourth-order valence-electron chi connectivity index (χ4n) is 1.25. The minimum absolute atomic E-state index is 0.217. The molecule has 74 valence electrons. The molecule has 1 aromatic rings. The molecular formula is C11H12ClNO. The van der Waals surface area contributed by atoms with E-state index >= 15 is 0 Å². The third-order valence-corrected chi connectivity index (χ3v) is 2.21. The lowest BCUT2D eigenvalue weighted by atomic mass is 10.1. The summed E-state index contributed by atoms with van der Waals surface area (Å²) in [6.45, 7) is 0. The summed E-state index contributed by atoms with van der Waals surface area (Å²) in [4.78, 5) is 10.7. The zero-order valence-corrected chi connectivity index (χ0v) is 8.71. The molecule has 0 heterocycles. The van der Waals surface area contributed by atoms with Crippen molar-refractivity contribution in [2.75, 3.05) is 12.9 Å². The maximum Gasteiger partial charge on any atom is 0.149 e. The van der Waals surface area contributed by atoms with Crippen LogP contribution in [0.3, 0.4) is 0 Å². The highest BCUT2D eigenvalue weighted by Gasteiger charge is 2.05. The van der Waals surface area contributed by atoms with Crippen molar-refractivity contribution >= 4 is 23.6 Å². The van der Waals surface area contributed by atoms with E-state index in [2.05, 4.69) is 5.32 Å². The SMILES string of the molecule is CN/C(=C(\C=O)CCl)c1ccccc1. The average molecular weight is 210 g/mol. The quantitative estimate of drug-likeness (QED) is 0.467. The van der Waals surface area contributed by atoms with Crippen molar-refractivity contribution in [3.8, 4) is 0 Å². The van der Waals surface area contributed by atoms with Gasteiger partial charge in [0, 0.05) is 18.3 Å². The van der Waals surface area contributed by atoms with Gasteiger partial charge < -0.3 is 5.32 Å². The van der Waals surface area contributed by atoms with E-state index in [1.54, 1.807) is 7.05 Å². The van der Waals surface area contributed by atoms with Crippen molar-refractivity contribution < 1.29 is 4.79 Å². The smallest absolute Gasteiger partial charge is 0.149 e. The van der Waals surface area contributed by atoms with Gasteiger partial charge in [-0.3, -0.25) is 4.79 Å². The Kier molecular flexibility index (Phi) is 4.20. The molecule has 0 bridgehead atoms. The van der Waals surface area contributed by atoms with Crippen LogP contribution in [-0.2, 0) is 4.79 Å². The second-order valence-electron chi connectivity index (χ2n) is 2.77. The van der Waals surface area contributed by atoms with Crippen LogP contribution in [0.2, 0.25) is 0 Å². The summed E-state index contributed by atoms with van der Waals surface area (Å²) in [5, 5.41) is 2.98.